The Kier molecular flexibility index (Phi) is 7.56. The van der Waals surface area contributed by atoms with Crippen LogP contribution in [0.3, 0.4) is 0 Å². The zero-order chi connectivity index (χ0) is 26.9. The van der Waals surface area contributed by atoms with Crippen LogP contribution in [0.25, 0.3) is 0 Å². The Balaban J connectivity index is 1.03. The van der Waals surface area contributed by atoms with Crippen LogP contribution >= 0.6 is 0 Å². The molecule has 5 rings (SSSR count). The van der Waals surface area contributed by atoms with Crippen molar-refractivity contribution in [2.45, 2.75) is 75.5 Å². The number of alkyl halides is 3. The highest BCUT2D eigenvalue weighted by atomic mass is 19.4. The number of nitrogens with one attached hydrogen (secondary N) is 3. The van der Waals surface area contributed by atoms with Gasteiger partial charge in [-0.2, -0.15) is 13.2 Å². The largest absolute Gasteiger partial charge is 0.416 e. The molecule has 8 nitrogen and oxygen atoms in total. The number of aromatic nitrogens is 2. The molecule has 11 heteroatoms. The molecular weight excluding hydrogens is 499 g/mol. The molecule has 2 aromatic rings. The molecule has 1 saturated carbocycles. The number of amides is 2. The fourth-order valence-electron chi connectivity index (χ4n) is 5.81. The van der Waals surface area contributed by atoms with Gasteiger partial charge in [-0.05, 0) is 69.6 Å². The minimum Gasteiger partial charge on any atom is -0.349 e. The van der Waals surface area contributed by atoms with Crippen LogP contribution in [-0.2, 0) is 23.8 Å². The smallest absolute Gasteiger partial charge is 0.349 e. The van der Waals surface area contributed by atoms with Crippen LogP contribution in [0.5, 0.6) is 0 Å². The van der Waals surface area contributed by atoms with E-state index in [1.54, 1.807) is 0 Å². The average Bonchev–Trinajstić information content (AvgIpc) is 2.89. The van der Waals surface area contributed by atoms with Crippen LogP contribution in [0.2, 0.25) is 0 Å². The van der Waals surface area contributed by atoms with Gasteiger partial charge in [-0.15, -0.1) is 0 Å². The maximum atomic E-state index is 12.9. The molecular formula is C27H32F3N5O3. The summed E-state index contributed by atoms with van der Waals surface area (Å²) in [5.74, 6) is -0.00690. The fraction of sp³-hybridized carbons (Fsp3) is 0.556. The number of aryl methyl sites for hydroxylation is 1. The first-order valence-corrected chi connectivity index (χ1v) is 13.3. The molecule has 0 spiro atoms. The average molecular weight is 532 g/mol. The highest BCUT2D eigenvalue weighted by molar-refractivity contribution is 5.96. The van der Waals surface area contributed by atoms with Crippen molar-refractivity contribution in [2.75, 3.05) is 19.6 Å². The highest BCUT2D eigenvalue weighted by Crippen LogP contribution is 2.35. The van der Waals surface area contributed by atoms with E-state index in [9.17, 15) is 27.6 Å². The van der Waals surface area contributed by atoms with E-state index in [0.717, 1.165) is 99.7 Å². The van der Waals surface area contributed by atoms with Crippen molar-refractivity contribution in [1.82, 2.24) is 25.5 Å². The molecule has 0 atom stereocenters. The van der Waals surface area contributed by atoms with Gasteiger partial charge in [-0.3, -0.25) is 19.3 Å². The third-order valence-electron chi connectivity index (χ3n) is 7.95. The SMILES string of the molecule is O=C(CNC(=O)c1cccc(C(F)(F)F)c1)NC1CN([C@H]2CC[C@@H](c3nc4c(c(=O)[nH]3)CCCC4)CC2)C1. The molecule has 1 aliphatic heterocycles. The lowest BCUT2D eigenvalue weighted by Gasteiger charge is -2.46. The van der Waals surface area contributed by atoms with Gasteiger partial charge in [-0.1, -0.05) is 6.07 Å². The molecule has 2 aliphatic carbocycles. The van der Waals surface area contributed by atoms with Gasteiger partial charge in [0.2, 0.25) is 5.91 Å². The van der Waals surface area contributed by atoms with Crippen LogP contribution in [-0.4, -0.2) is 58.4 Å². The van der Waals surface area contributed by atoms with E-state index in [4.69, 9.17) is 4.98 Å². The molecule has 1 aromatic carbocycles. The van der Waals surface area contributed by atoms with Crippen molar-refractivity contribution >= 4 is 11.8 Å². The van der Waals surface area contributed by atoms with Gasteiger partial charge < -0.3 is 15.6 Å². The van der Waals surface area contributed by atoms with Crippen molar-refractivity contribution in [1.29, 1.82) is 0 Å². The van der Waals surface area contributed by atoms with E-state index in [1.807, 2.05) is 0 Å². The number of hydrogen-bond donors (Lipinski definition) is 3. The van der Waals surface area contributed by atoms with Crippen molar-refractivity contribution < 1.29 is 22.8 Å². The molecule has 2 amide bonds. The standard InChI is InChI=1S/C27H32F3N5O3/c28-27(29,30)18-5-3-4-17(12-18)25(37)31-13-23(36)32-19-14-35(15-19)20-10-8-16(9-11-20)24-33-22-7-2-1-6-21(22)26(38)34-24/h3-5,12,16,19-20H,1-2,6-11,13-15H2,(H,31,37)(H,32,36)(H,33,34,38)/t16-,20+. The second-order valence-corrected chi connectivity index (χ2v) is 10.6. The molecule has 0 unspecified atom stereocenters. The van der Waals surface area contributed by atoms with Crippen LogP contribution in [0, 0.1) is 0 Å². The summed E-state index contributed by atoms with van der Waals surface area (Å²) in [6.45, 7) is 1.13. The van der Waals surface area contributed by atoms with Gasteiger partial charge in [-0.25, -0.2) is 4.98 Å². The number of hydrogen-bond acceptors (Lipinski definition) is 5. The zero-order valence-electron chi connectivity index (χ0n) is 21.1. The summed E-state index contributed by atoms with van der Waals surface area (Å²) in [7, 11) is 0. The van der Waals surface area contributed by atoms with Gasteiger partial charge in [0.15, 0.2) is 0 Å². The molecule has 1 saturated heterocycles. The number of carbonyl (C=O) groups excluding carboxylic acids is 2. The predicted octanol–water partition coefficient (Wildman–Crippen LogP) is 2.92. The number of aromatic amines is 1. The number of likely N-dealkylation sites (tertiary alicyclic amines) is 1. The molecule has 38 heavy (non-hydrogen) atoms. The molecule has 0 bridgehead atoms. The molecule has 3 N–H and O–H groups in total. The minimum atomic E-state index is -4.54. The zero-order valence-corrected chi connectivity index (χ0v) is 21.1. The number of rotatable bonds is 6. The van der Waals surface area contributed by atoms with E-state index < -0.39 is 17.6 Å². The third-order valence-corrected chi connectivity index (χ3v) is 7.95. The van der Waals surface area contributed by atoms with Crippen molar-refractivity contribution in [3.05, 3.63) is 62.8 Å². The molecule has 3 aliphatic rings. The Labute approximate surface area is 218 Å². The van der Waals surface area contributed by atoms with Gasteiger partial charge in [0.05, 0.1) is 23.8 Å². The lowest BCUT2D eigenvalue weighted by Crippen LogP contribution is -2.63. The first-order valence-electron chi connectivity index (χ1n) is 13.3. The first-order chi connectivity index (χ1) is 18.2. The predicted molar refractivity (Wildman–Crippen MR) is 134 cm³/mol. The summed E-state index contributed by atoms with van der Waals surface area (Å²) in [4.78, 5) is 47.1. The van der Waals surface area contributed by atoms with E-state index in [0.29, 0.717) is 6.04 Å². The quantitative estimate of drug-likeness (QED) is 0.532. The summed E-state index contributed by atoms with van der Waals surface area (Å²) in [5, 5.41) is 5.26. The molecule has 0 radical (unpaired) electrons. The van der Waals surface area contributed by atoms with Gasteiger partial charge in [0.25, 0.3) is 11.5 Å². The summed E-state index contributed by atoms with van der Waals surface area (Å²) in [6.07, 6.45) is 3.22. The number of nitrogens with zero attached hydrogens (tertiary/aromatic N) is 2. The molecule has 204 valence electrons. The molecule has 1 aromatic heterocycles. The first kappa shape index (κ1) is 26.4. The van der Waals surface area contributed by atoms with Crippen LogP contribution in [0.4, 0.5) is 13.2 Å². The maximum Gasteiger partial charge on any atom is 0.416 e. The number of H-pyrrole nitrogens is 1. The summed E-state index contributed by atoms with van der Waals surface area (Å²) < 4.78 is 38.6. The normalized spacial score (nSPS) is 22.3. The molecule has 2 fully saturated rings. The lowest BCUT2D eigenvalue weighted by atomic mass is 9.83. The second kappa shape index (κ2) is 10.9. The lowest BCUT2D eigenvalue weighted by molar-refractivity contribution is -0.137. The van der Waals surface area contributed by atoms with Gasteiger partial charge in [0, 0.05) is 36.2 Å². The Morgan fingerprint density at radius 2 is 1.82 bits per heavy atom. The number of fused-ring (bicyclic) bond motifs is 1. The summed E-state index contributed by atoms with van der Waals surface area (Å²) in [5.41, 5.74) is 0.805. The van der Waals surface area contributed by atoms with E-state index in [2.05, 4.69) is 20.5 Å². The number of halogens is 3. The number of benzene rings is 1. The highest BCUT2D eigenvalue weighted by Gasteiger charge is 2.36. The number of carbonyl (C=O) groups is 2. The van der Waals surface area contributed by atoms with Crippen molar-refractivity contribution in [3.63, 3.8) is 0 Å². The van der Waals surface area contributed by atoms with E-state index in [1.165, 1.54) is 6.07 Å². The second-order valence-electron chi connectivity index (χ2n) is 10.6. The van der Waals surface area contributed by atoms with Crippen LogP contribution in [0.1, 0.15) is 77.4 Å². The van der Waals surface area contributed by atoms with Crippen LogP contribution < -0.4 is 16.2 Å². The third kappa shape index (κ3) is 5.92. The van der Waals surface area contributed by atoms with Crippen LogP contribution in [0.15, 0.2) is 29.1 Å². The Morgan fingerprint density at radius 1 is 1.08 bits per heavy atom. The topological polar surface area (TPSA) is 107 Å². The Bertz CT molecular complexity index is 1250. The van der Waals surface area contributed by atoms with E-state index in [-0.39, 0.29) is 35.5 Å². The summed E-state index contributed by atoms with van der Waals surface area (Å²) >= 11 is 0. The Morgan fingerprint density at radius 3 is 2.55 bits per heavy atom. The monoisotopic (exact) mass is 531 g/mol. The minimum absolute atomic E-state index is 0.0237. The van der Waals surface area contributed by atoms with Crippen molar-refractivity contribution in [3.8, 4) is 0 Å². The van der Waals surface area contributed by atoms with Gasteiger partial charge in [0.1, 0.15) is 5.82 Å². The fourth-order valence-corrected chi connectivity index (χ4v) is 5.81. The van der Waals surface area contributed by atoms with Gasteiger partial charge >= 0.3 is 6.18 Å². The maximum absolute atomic E-state index is 12.9. The van der Waals surface area contributed by atoms with E-state index >= 15 is 0 Å². The molecule has 2 heterocycles. The summed E-state index contributed by atoms with van der Waals surface area (Å²) in [6, 6.07) is 4.50. The Hall–Kier alpha value is -3.21. The van der Waals surface area contributed by atoms with Crippen molar-refractivity contribution in [2.24, 2.45) is 0 Å².